The number of hydrogen-bond donors (Lipinski definition) is 1. The summed E-state index contributed by atoms with van der Waals surface area (Å²) >= 11 is 0. The Bertz CT molecular complexity index is 1800. The number of nitrogens with zero attached hydrogens (tertiary/aromatic N) is 2. The number of benzene rings is 2. The molecule has 2 aliphatic heterocycles. The largest absolute Gasteiger partial charge is 0.493 e. The molecule has 10 heteroatoms. The summed E-state index contributed by atoms with van der Waals surface area (Å²) < 4.78 is 52.2. The minimum Gasteiger partial charge on any atom is -0.493 e. The van der Waals surface area contributed by atoms with Gasteiger partial charge >= 0.3 is 12.1 Å². The van der Waals surface area contributed by atoms with Gasteiger partial charge in [0.05, 0.1) is 23.3 Å². The van der Waals surface area contributed by atoms with E-state index in [0.717, 1.165) is 23.1 Å². The first-order valence-electron chi connectivity index (χ1n) is 14.8. The average molecular weight is 633 g/mol. The van der Waals surface area contributed by atoms with Crippen molar-refractivity contribution < 1.29 is 37.3 Å². The number of alkyl halides is 3. The summed E-state index contributed by atoms with van der Waals surface area (Å²) in [5.74, 6) is -1.00. The molecule has 2 aromatic carbocycles. The Morgan fingerprint density at radius 3 is 2.61 bits per heavy atom. The maximum absolute atomic E-state index is 13.5. The molecule has 5 rings (SSSR count). The fourth-order valence-electron chi connectivity index (χ4n) is 5.73. The molecule has 0 saturated carbocycles. The predicted molar refractivity (Wildman–Crippen MR) is 169 cm³/mol. The van der Waals surface area contributed by atoms with E-state index in [1.807, 2.05) is 18.2 Å². The number of carbonyl (C=O) groups is 2. The van der Waals surface area contributed by atoms with Crippen LogP contribution in [0.4, 0.5) is 13.2 Å². The molecule has 1 amide bonds. The molecule has 240 valence electrons. The number of hydrogen-bond acceptors (Lipinski definition) is 5. The fraction of sp³-hybridized carbons (Fsp3) is 0.306. The molecule has 0 aliphatic carbocycles. The Balaban J connectivity index is 1.71. The summed E-state index contributed by atoms with van der Waals surface area (Å²) in [6.45, 7) is 11.7. The molecule has 0 spiro atoms. The van der Waals surface area contributed by atoms with Crippen molar-refractivity contribution in [1.82, 2.24) is 9.88 Å². The molecular weight excluding hydrogens is 597 g/mol. The van der Waals surface area contributed by atoms with Crippen molar-refractivity contribution in [2.75, 3.05) is 13.2 Å². The van der Waals surface area contributed by atoms with E-state index >= 15 is 0 Å². The molecule has 0 radical (unpaired) electrons. The Kier molecular flexibility index (Phi) is 8.95. The van der Waals surface area contributed by atoms with E-state index in [2.05, 4.69) is 11.6 Å². The van der Waals surface area contributed by atoms with E-state index in [1.165, 1.54) is 29.2 Å². The van der Waals surface area contributed by atoms with Crippen LogP contribution in [-0.2, 0) is 33.5 Å². The third-order valence-corrected chi connectivity index (χ3v) is 7.80. The zero-order valence-corrected chi connectivity index (χ0v) is 26.1. The lowest BCUT2D eigenvalue weighted by atomic mass is 9.84. The van der Waals surface area contributed by atoms with E-state index in [1.54, 1.807) is 40.0 Å². The van der Waals surface area contributed by atoms with Crippen LogP contribution in [0.5, 0.6) is 5.75 Å². The molecule has 0 saturated heterocycles. The molecule has 46 heavy (non-hydrogen) atoms. The third kappa shape index (κ3) is 6.92. The summed E-state index contributed by atoms with van der Waals surface area (Å²) in [5.41, 5.74) is 2.48. The molecule has 3 heterocycles. The highest BCUT2D eigenvalue weighted by atomic mass is 19.4. The number of allylic oxidation sites excluding steroid dienone is 3. The Hall–Kier alpha value is -4.70. The molecule has 0 unspecified atom stereocenters. The van der Waals surface area contributed by atoms with Gasteiger partial charge in [-0.3, -0.25) is 9.78 Å². The van der Waals surface area contributed by atoms with Crippen molar-refractivity contribution in [1.29, 1.82) is 0 Å². The van der Waals surface area contributed by atoms with Crippen LogP contribution in [-0.4, -0.2) is 51.7 Å². The molecule has 7 nitrogen and oxygen atoms in total. The molecule has 2 aliphatic rings. The first-order chi connectivity index (χ1) is 21.6. The fourth-order valence-corrected chi connectivity index (χ4v) is 5.73. The van der Waals surface area contributed by atoms with Crippen LogP contribution in [0.15, 0.2) is 90.2 Å². The highest BCUT2D eigenvalue weighted by Gasteiger charge is 2.34. The van der Waals surface area contributed by atoms with Crippen LogP contribution in [0.2, 0.25) is 0 Å². The monoisotopic (exact) mass is 632 g/mol. The van der Waals surface area contributed by atoms with E-state index in [0.29, 0.717) is 57.7 Å². The predicted octanol–water partition coefficient (Wildman–Crippen LogP) is 7.31. The number of amides is 1. The Morgan fingerprint density at radius 2 is 1.91 bits per heavy atom. The van der Waals surface area contributed by atoms with Crippen LogP contribution >= 0.6 is 0 Å². The number of aliphatic carboxylic acids is 1. The van der Waals surface area contributed by atoms with Crippen molar-refractivity contribution in [3.8, 4) is 5.75 Å². The number of rotatable bonds is 6. The topological polar surface area (TPSA) is 89.0 Å². The van der Waals surface area contributed by atoms with Crippen LogP contribution in [0.25, 0.3) is 16.5 Å². The van der Waals surface area contributed by atoms with Crippen molar-refractivity contribution in [2.45, 2.75) is 58.5 Å². The molecule has 0 bridgehead atoms. The summed E-state index contributed by atoms with van der Waals surface area (Å²) in [6.07, 6.45) is 0.900. The number of halogens is 3. The van der Waals surface area contributed by atoms with Crippen molar-refractivity contribution in [3.05, 3.63) is 112 Å². The SMILES string of the molecule is C=C1/C=C\C(=O)N(Cc2cccc(C(F)(F)F)c2)C/C=C(C)\C([C@H](OC(C)(C)C)C(=O)O)=C/1c1ccc2c3c(ccnc13)CCO2. The molecule has 1 N–H and O–H groups in total. The lowest BCUT2D eigenvalue weighted by Crippen LogP contribution is -2.36. The molecule has 0 fully saturated rings. The summed E-state index contributed by atoms with van der Waals surface area (Å²) in [6, 6.07) is 10.4. The number of carboxylic acid groups (broad SMARTS) is 1. The Labute approximate surface area is 265 Å². The standard InChI is InChI=1S/C36H35F3N2O5/c1-21-9-12-28(42)41(20-23-7-6-8-25(19-23)36(37,38)39)17-14-22(2)30(33(34(43)44)46-35(3,4)5)29(21)26-10-11-27-31-24(15-18-45-27)13-16-40-32(26)31/h6-14,16,19,33H,1,15,17-18,20H2,2-5H3,(H,43,44)/b12-9-,22-14-,30-29-/t33-/m0/s1. The van der Waals surface area contributed by atoms with Crippen LogP contribution in [0, 0.1) is 0 Å². The summed E-state index contributed by atoms with van der Waals surface area (Å²) in [5, 5.41) is 11.4. The van der Waals surface area contributed by atoms with Crippen LogP contribution in [0.3, 0.4) is 0 Å². The van der Waals surface area contributed by atoms with Gasteiger partial charge in [-0.1, -0.05) is 24.8 Å². The molecule has 1 atom stereocenters. The van der Waals surface area contributed by atoms with E-state index < -0.39 is 35.3 Å². The van der Waals surface area contributed by atoms with Gasteiger partial charge in [0, 0.05) is 48.3 Å². The Morgan fingerprint density at radius 1 is 1.15 bits per heavy atom. The van der Waals surface area contributed by atoms with Gasteiger partial charge in [-0.15, -0.1) is 0 Å². The highest BCUT2D eigenvalue weighted by molar-refractivity contribution is 6.03. The highest BCUT2D eigenvalue weighted by Crippen LogP contribution is 2.42. The van der Waals surface area contributed by atoms with E-state index in [9.17, 15) is 27.9 Å². The smallest absolute Gasteiger partial charge is 0.416 e. The molecule has 3 aromatic rings. The van der Waals surface area contributed by atoms with E-state index in [4.69, 9.17) is 9.47 Å². The third-order valence-electron chi connectivity index (χ3n) is 7.80. The minimum absolute atomic E-state index is 0.00765. The number of aromatic nitrogens is 1. The van der Waals surface area contributed by atoms with Gasteiger partial charge in [0.15, 0.2) is 6.10 Å². The van der Waals surface area contributed by atoms with Gasteiger partial charge in [-0.05, 0) is 91.9 Å². The maximum Gasteiger partial charge on any atom is 0.416 e. The molecule has 1 aromatic heterocycles. The minimum atomic E-state index is -4.53. The van der Waals surface area contributed by atoms with Gasteiger partial charge in [-0.25, -0.2) is 4.79 Å². The van der Waals surface area contributed by atoms with Gasteiger partial charge < -0.3 is 19.5 Å². The van der Waals surface area contributed by atoms with Crippen molar-refractivity contribution >= 4 is 28.4 Å². The van der Waals surface area contributed by atoms with Crippen LogP contribution in [0.1, 0.15) is 49.9 Å². The van der Waals surface area contributed by atoms with Gasteiger partial charge in [0.2, 0.25) is 5.91 Å². The zero-order valence-electron chi connectivity index (χ0n) is 26.1. The van der Waals surface area contributed by atoms with Gasteiger partial charge in [0.1, 0.15) is 5.75 Å². The summed E-state index contributed by atoms with van der Waals surface area (Å²) in [7, 11) is 0. The number of carbonyl (C=O) groups excluding carboxylic acids is 1. The normalized spacial score (nSPS) is 20.2. The quantitative estimate of drug-likeness (QED) is 0.307. The van der Waals surface area contributed by atoms with Gasteiger partial charge in [0.25, 0.3) is 0 Å². The lowest BCUT2D eigenvalue weighted by molar-refractivity contribution is -0.155. The first-order valence-corrected chi connectivity index (χ1v) is 14.8. The second-order valence-electron chi connectivity index (χ2n) is 12.3. The lowest BCUT2D eigenvalue weighted by Gasteiger charge is -2.30. The average Bonchev–Trinajstić information content (AvgIpc) is 2.99. The maximum atomic E-state index is 13.5. The number of carboxylic acids is 1. The van der Waals surface area contributed by atoms with E-state index in [-0.39, 0.29) is 13.1 Å². The van der Waals surface area contributed by atoms with Crippen molar-refractivity contribution in [2.24, 2.45) is 0 Å². The number of ether oxygens (including phenoxy) is 2. The zero-order chi connectivity index (χ0) is 33.4. The first kappa shape index (κ1) is 32.7. The van der Waals surface area contributed by atoms with Gasteiger partial charge in [-0.2, -0.15) is 13.2 Å². The second-order valence-corrected chi connectivity index (χ2v) is 12.3. The number of pyridine rings is 1. The van der Waals surface area contributed by atoms with Crippen LogP contribution < -0.4 is 4.74 Å². The summed E-state index contributed by atoms with van der Waals surface area (Å²) in [4.78, 5) is 32.5. The molecular formula is C36H35F3N2O5. The second kappa shape index (κ2) is 12.6. The van der Waals surface area contributed by atoms with Crippen molar-refractivity contribution in [3.63, 3.8) is 0 Å².